The van der Waals surface area contributed by atoms with Crippen LogP contribution in [0.15, 0.2) is 60.7 Å². The van der Waals surface area contributed by atoms with Crippen LogP contribution in [0.4, 0.5) is 5.69 Å². The molecule has 0 radical (unpaired) electrons. The molecule has 1 heterocycles. The van der Waals surface area contributed by atoms with E-state index in [1.165, 1.54) is 16.9 Å². The van der Waals surface area contributed by atoms with Gasteiger partial charge in [-0.1, -0.05) is 75.4 Å². The van der Waals surface area contributed by atoms with Gasteiger partial charge in [0.25, 0.3) is 0 Å². The van der Waals surface area contributed by atoms with Crippen molar-refractivity contribution in [3.63, 3.8) is 0 Å². The summed E-state index contributed by atoms with van der Waals surface area (Å²) in [5.41, 5.74) is 3.72. The first-order valence-electron chi connectivity index (χ1n) is 10.6. The lowest BCUT2D eigenvalue weighted by molar-refractivity contribution is -0.119. The fourth-order valence-corrected chi connectivity index (χ4v) is 4.61. The molecular formula is C26H27NO3S. The summed E-state index contributed by atoms with van der Waals surface area (Å²) in [7, 11) is 0. The topological polar surface area (TPSA) is 57.6 Å². The number of carbonyl (C=O) groups is 2. The van der Waals surface area contributed by atoms with Crippen molar-refractivity contribution < 1.29 is 14.7 Å². The second kappa shape index (κ2) is 8.31. The highest BCUT2D eigenvalue weighted by Crippen LogP contribution is 2.40. The van der Waals surface area contributed by atoms with Gasteiger partial charge in [-0.25, -0.2) is 4.79 Å². The number of amides is 1. The van der Waals surface area contributed by atoms with Crippen molar-refractivity contribution in [2.75, 3.05) is 4.90 Å². The predicted octanol–water partition coefficient (Wildman–Crippen LogP) is 6.35. The Hall–Kier alpha value is -2.92. The van der Waals surface area contributed by atoms with Crippen molar-refractivity contribution in [3.05, 3.63) is 76.7 Å². The number of hydrogen-bond acceptors (Lipinski definition) is 3. The van der Waals surface area contributed by atoms with Gasteiger partial charge in [0.05, 0.1) is 12.2 Å². The Morgan fingerprint density at radius 1 is 1.03 bits per heavy atom. The summed E-state index contributed by atoms with van der Waals surface area (Å²) >= 11 is 1.22. The lowest BCUT2D eigenvalue weighted by atomic mass is 9.87. The van der Waals surface area contributed by atoms with Crippen molar-refractivity contribution in [1.29, 1.82) is 0 Å². The zero-order valence-electron chi connectivity index (χ0n) is 18.1. The van der Waals surface area contributed by atoms with E-state index >= 15 is 0 Å². The second-order valence-electron chi connectivity index (χ2n) is 9.14. The lowest BCUT2D eigenvalue weighted by Gasteiger charge is -2.24. The maximum Gasteiger partial charge on any atom is 0.348 e. The molecule has 0 aliphatic heterocycles. The number of carbonyl (C=O) groups excluding carboxylic acids is 1. The number of hydrogen-bond donors (Lipinski definition) is 1. The van der Waals surface area contributed by atoms with Crippen LogP contribution >= 0.6 is 11.3 Å². The van der Waals surface area contributed by atoms with Crippen molar-refractivity contribution in [3.8, 4) is 10.4 Å². The van der Waals surface area contributed by atoms with E-state index < -0.39 is 5.97 Å². The maximum absolute atomic E-state index is 13.2. The zero-order chi connectivity index (χ0) is 22.2. The minimum absolute atomic E-state index is 0.00410. The first-order chi connectivity index (χ1) is 14.7. The quantitative estimate of drug-likeness (QED) is 0.492. The number of rotatable bonds is 6. The third-order valence-corrected chi connectivity index (χ3v) is 6.77. The Bertz CT molecular complexity index is 1090. The Labute approximate surface area is 187 Å². The Morgan fingerprint density at radius 3 is 2.23 bits per heavy atom. The number of thiophene rings is 1. The van der Waals surface area contributed by atoms with Gasteiger partial charge < -0.3 is 10.0 Å². The van der Waals surface area contributed by atoms with E-state index in [1.807, 2.05) is 48.5 Å². The normalized spacial score (nSPS) is 13.8. The molecule has 0 unspecified atom stereocenters. The monoisotopic (exact) mass is 433 g/mol. The van der Waals surface area contributed by atoms with E-state index in [1.54, 1.807) is 4.90 Å². The van der Waals surface area contributed by atoms with Crippen LogP contribution in [0.1, 0.15) is 54.4 Å². The largest absolute Gasteiger partial charge is 0.477 e. The van der Waals surface area contributed by atoms with E-state index in [0.717, 1.165) is 28.8 Å². The first kappa shape index (κ1) is 21.3. The van der Waals surface area contributed by atoms with Gasteiger partial charge in [0.1, 0.15) is 4.88 Å². The van der Waals surface area contributed by atoms with Crippen LogP contribution in [0.5, 0.6) is 0 Å². The standard InChI is InChI=1S/C26H27NO3S/c1-26(2,3)20-13-9-17(10-14-20)16-27(24(28)19-11-12-19)21-15-22(31-23(21)25(29)30)18-7-5-4-6-8-18/h4-10,13-15,19H,11-12,16H2,1-3H3,(H,29,30). The highest BCUT2D eigenvalue weighted by molar-refractivity contribution is 7.18. The molecule has 4 nitrogen and oxygen atoms in total. The molecule has 4 rings (SSSR count). The third kappa shape index (κ3) is 4.72. The molecule has 1 saturated carbocycles. The van der Waals surface area contributed by atoms with Crippen LogP contribution in [0, 0.1) is 5.92 Å². The Balaban J connectivity index is 1.72. The van der Waals surface area contributed by atoms with Gasteiger partial charge >= 0.3 is 5.97 Å². The average Bonchev–Trinajstić information content (AvgIpc) is 3.50. The van der Waals surface area contributed by atoms with Crippen LogP contribution in [0.25, 0.3) is 10.4 Å². The summed E-state index contributed by atoms with van der Waals surface area (Å²) in [6.07, 6.45) is 1.74. The number of anilines is 1. The smallest absolute Gasteiger partial charge is 0.348 e. The molecule has 0 spiro atoms. The molecular weight excluding hydrogens is 406 g/mol. The van der Waals surface area contributed by atoms with E-state index in [4.69, 9.17) is 0 Å². The van der Waals surface area contributed by atoms with Gasteiger partial charge in [0.2, 0.25) is 5.91 Å². The maximum atomic E-state index is 13.2. The summed E-state index contributed by atoms with van der Waals surface area (Å²) in [5.74, 6) is -0.991. The summed E-state index contributed by atoms with van der Waals surface area (Å²) in [6.45, 7) is 6.87. The van der Waals surface area contributed by atoms with Gasteiger partial charge in [0, 0.05) is 10.8 Å². The predicted molar refractivity (Wildman–Crippen MR) is 126 cm³/mol. The van der Waals surface area contributed by atoms with Gasteiger partial charge in [0.15, 0.2) is 0 Å². The number of carboxylic acid groups (broad SMARTS) is 1. The fraction of sp³-hybridized carbons (Fsp3) is 0.308. The first-order valence-corrected chi connectivity index (χ1v) is 11.4. The molecule has 160 valence electrons. The van der Waals surface area contributed by atoms with Crippen LogP contribution in [-0.2, 0) is 16.8 Å². The van der Waals surface area contributed by atoms with Gasteiger partial charge in [-0.05, 0) is 41.0 Å². The van der Waals surface area contributed by atoms with E-state index in [2.05, 4.69) is 32.9 Å². The fourth-order valence-electron chi connectivity index (χ4n) is 3.61. The highest BCUT2D eigenvalue weighted by Gasteiger charge is 2.36. The molecule has 3 aromatic rings. The van der Waals surface area contributed by atoms with Crippen LogP contribution < -0.4 is 4.90 Å². The molecule has 31 heavy (non-hydrogen) atoms. The summed E-state index contributed by atoms with van der Waals surface area (Å²) in [4.78, 5) is 28.0. The van der Waals surface area contributed by atoms with Gasteiger partial charge in [-0.3, -0.25) is 4.79 Å². The van der Waals surface area contributed by atoms with Gasteiger partial charge in [-0.2, -0.15) is 0 Å². The Morgan fingerprint density at radius 2 is 1.68 bits per heavy atom. The molecule has 0 atom stereocenters. The molecule has 1 aliphatic rings. The Kier molecular flexibility index (Phi) is 5.71. The molecule has 1 fully saturated rings. The number of nitrogens with zero attached hydrogens (tertiary/aromatic N) is 1. The molecule has 0 saturated heterocycles. The molecule has 1 aliphatic carbocycles. The molecule has 1 aromatic heterocycles. The van der Waals surface area contributed by atoms with Crippen LogP contribution in [0.2, 0.25) is 0 Å². The molecule has 1 N–H and O–H groups in total. The molecule has 1 amide bonds. The van der Waals surface area contributed by atoms with E-state index in [9.17, 15) is 14.7 Å². The lowest BCUT2D eigenvalue weighted by Crippen LogP contribution is -2.32. The van der Waals surface area contributed by atoms with Crippen molar-refractivity contribution in [1.82, 2.24) is 0 Å². The zero-order valence-corrected chi connectivity index (χ0v) is 18.9. The van der Waals surface area contributed by atoms with Crippen LogP contribution in [0.3, 0.4) is 0 Å². The number of benzene rings is 2. The van der Waals surface area contributed by atoms with Gasteiger partial charge in [-0.15, -0.1) is 11.3 Å². The SMILES string of the molecule is CC(C)(C)c1ccc(CN(C(=O)C2CC2)c2cc(-c3ccccc3)sc2C(=O)O)cc1. The molecule has 2 aromatic carbocycles. The minimum Gasteiger partial charge on any atom is -0.477 e. The highest BCUT2D eigenvalue weighted by atomic mass is 32.1. The van der Waals surface area contributed by atoms with E-state index in [-0.39, 0.29) is 22.1 Å². The number of carboxylic acids is 1. The average molecular weight is 434 g/mol. The number of aromatic carboxylic acids is 1. The second-order valence-corrected chi connectivity index (χ2v) is 10.2. The van der Waals surface area contributed by atoms with E-state index in [0.29, 0.717) is 12.2 Å². The van der Waals surface area contributed by atoms with Crippen LogP contribution in [-0.4, -0.2) is 17.0 Å². The summed E-state index contributed by atoms with van der Waals surface area (Å²) in [5, 5.41) is 9.88. The van der Waals surface area contributed by atoms with Crippen molar-refractivity contribution in [2.45, 2.75) is 45.6 Å². The summed E-state index contributed by atoms with van der Waals surface area (Å²) in [6, 6.07) is 19.8. The molecule has 0 bridgehead atoms. The third-order valence-electron chi connectivity index (χ3n) is 5.61. The van der Waals surface area contributed by atoms with Crippen molar-refractivity contribution in [2.24, 2.45) is 5.92 Å². The molecule has 5 heteroatoms. The summed E-state index contributed by atoms with van der Waals surface area (Å²) < 4.78 is 0. The minimum atomic E-state index is -1.00. The van der Waals surface area contributed by atoms with Crippen molar-refractivity contribution >= 4 is 28.9 Å².